The molecular formula is C14H14O2. The lowest BCUT2D eigenvalue weighted by Crippen LogP contribution is -1.90. The molecule has 0 unspecified atom stereocenters. The molecule has 0 heterocycles. The van der Waals surface area contributed by atoms with Crippen molar-refractivity contribution in [2.24, 2.45) is 0 Å². The van der Waals surface area contributed by atoms with E-state index in [1.165, 1.54) is 5.56 Å². The maximum absolute atomic E-state index is 10.8. The SMILES string of the molecule is Cc1cc(C)c2cc(O)c(C=O)cc2c1C. The molecule has 1 N–H and O–H groups in total. The molecule has 16 heavy (non-hydrogen) atoms. The first-order chi connectivity index (χ1) is 7.54. The van der Waals surface area contributed by atoms with E-state index in [9.17, 15) is 9.90 Å². The second-order valence-electron chi connectivity index (χ2n) is 4.21. The van der Waals surface area contributed by atoms with Gasteiger partial charge in [0, 0.05) is 0 Å². The summed E-state index contributed by atoms with van der Waals surface area (Å²) in [6.45, 7) is 6.09. The summed E-state index contributed by atoms with van der Waals surface area (Å²) in [7, 11) is 0. The summed E-state index contributed by atoms with van der Waals surface area (Å²) in [5.74, 6) is 0.0499. The number of phenols is 1. The highest BCUT2D eigenvalue weighted by Crippen LogP contribution is 2.30. The molecule has 0 bridgehead atoms. The van der Waals surface area contributed by atoms with E-state index in [4.69, 9.17) is 0 Å². The average Bonchev–Trinajstić information content (AvgIpc) is 2.25. The first-order valence-corrected chi connectivity index (χ1v) is 5.23. The van der Waals surface area contributed by atoms with Gasteiger partial charge < -0.3 is 5.11 Å². The highest BCUT2D eigenvalue weighted by Gasteiger charge is 2.08. The van der Waals surface area contributed by atoms with Gasteiger partial charge in [-0.2, -0.15) is 0 Å². The number of fused-ring (bicyclic) bond motifs is 1. The first kappa shape index (κ1) is 10.7. The lowest BCUT2D eigenvalue weighted by atomic mass is 9.95. The van der Waals surface area contributed by atoms with E-state index in [0.29, 0.717) is 11.8 Å². The van der Waals surface area contributed by atoms with E-state index < -0.39 is 0 Å². The molecule has 2 nitrogen and oxygen atoms in total. The van der Waals surface area contributed by atoms with Gasteiger partial charge in [0.1, 0.15) is 5.75 Å². The molecule has 82 valence electrons. The van der Waals surface area contributed by atoms with Crippen LogP contribution in [0.25, 0.3) is 10.8 Å². The monoisotopic (exact) mass is 214 g/mol. The summed E-state index contributed by atoms with van der Waals surface area (Å²) in [5.41, 5.74) is 3.82. The molecule has 2 rings (SSSR count). The van der Waals surface area contributed by atoms with Crippen molar-refractivity contribution < 1.29 is 9.90 Å². The van der Waals surface area contributed by atoms with Crippen LogP contribution in [0.3, 0.4) is 0 Å². The number of hydrogen-bond donors (Lipinski definition) is 1. The molecule has 0 aromatic heterocycles. The van der Waals surface area contributed by atoms with Crippen molar-refractivity contribution in [2.45, 2.75) is 20.8 Å². The summed E-state index contributed by atoms with van der Waals surface area (Å²) >= 11 is 0. The van der Waals surface area contributed by atoms with Gasteiger partial charge in [0.2, 0.25) is 0 Å². The van der Waals surface area contributed by atoms with Gasteiger partial charge in [-0.05, 0) is 60.4 Å². The zero-order valence-corrected chi connectivity index (χ0v) is 9.66. The number of aldehydes is 1. The van der Waals surface area contributed by atoms with E-state index in [2.05, 4.69) is 13.0 Å². The molecule has 0 amide bonds. The predicted molar refractivity (Wildman–Crippen MR) is 65.2 cm³/mol. The van der Waals surface area contributed by atoms with E-state index in [0.717, 1.165) is 21.9 Å². The number of phenolic OH excluding ortho intramolecular Hbond substituents is 1. The lowest BCUT2D eigenvalue weighted by molar-refractivity contribution is 0.112. The number of benzene rings is 2. The molecule has 2 heteroatoms. The molecule has 0 saturated carbocycles. The fourth-order valence-electron chi connectivity index (χ4n) is 2.06. The maximum atomic E-state index is 10.8. The molecule has 0 fully saturated rings. The number of hydrogen-bond acceptors (Lipinski definition) is 2. The van der Waals surface area contributed by atoms with Gasteiger partial charge in [0.25, 0.3) is 0 Å². The van der Waals surface area contributed by atoms with Gasteiger partial charge in [-0.25, -0.2) is 0 Å². The number of aromatic hydroxyl groups is 1. The van der Waals surface area contributed by atoms with Crippen LogP contribution in [-0.2, 0) is 0 Å². The van der Waals surface area contributed by atoms with Crippen molar-refractivity contribution in [1.29, 1.82) is 0 Å². The Morgan fingerprint density at radius 2 is 1.69 bits per heavy atom. The number of carbonyl (C=O) groups is 1. The molecule has 0 aliphatic heterocycles. The van der Waals surface area contributed by atoms with E-state index >= 15 is 0 Å². The Balaban J connectivity index is 2.96. The molecule has 0 aliphatic rings. The third-order valence-corrected chi connectivity index (χ3v) is 3.15. The van der Waals surface area contributed by atoms with Gasteiger partial charge in [-0.15, -0.1) is 0 Å². The average molecular weight is 214 g/mol. The third-order valence-electron chi connectivity index (χ3n) is 3.15. The van der Waals surface area contributed by atoms with Crippen molar-refractivity contribution in [3.05, 3.63) is 40.5 Å². The normalized spacial score (nSPS) is 10.7. The molecule has 0 aliphatic carbocycles. The van der Waals surface area contributed by atoms with Crippen LogP contribution in [0.1, 0.15) is 27.0 Å². The van der Waals surface area contributed by atoms with Gasteiger partial charge in [0.05, 0.1) is 5.56 Å². The summed E-state index contributed by atoms with van der Waals surface area (Å²) in [4.78, 5) is 10.8. The molecule has 2 aromatic rings. The van der Waals surface area contributed by atoms with Crippen LogP contribution in [0.5, 0.6) is 5.75 Å². The highest BCUT2D eigenvalue weighted by atomic mass is 16.3. The number of aryl methyl sites for hydroxylation is 3. The second kappa shape index (κ2) is 3.63. The third kappa shape index (κ3) is 1.47. The van der Waals surface area contributed by atoms with Gasteiger partial charge in [-0.1, -0.05) is 6.07 Å². The Morgan fingerprint density at radius 3 is 2.31 bits per heavy atom. The lowest BCUT2D eigenvalue weighted by Gasteiger charge is -2.10. The minimum Gasteiger partial charge on any atom is -0.507 e. The van der Waals surface area contributed by atoms with Crippen LogP contribution < -0.4 is 0 Å². The highest BCUT2D eigenvalue weighted by molar-refractivity contribution is 5.96. The van der Waals surface area contributed by atoms with Gasteiger partial charge in [-0.3, -0.25) is 4.79 Å². The molecule has 2 aromatic carbocycles. The largest absolute Gasteiger partial charge is 0.507 e. The number of rotatable bonds is 1. The molecule has 0 saturated heterocycles. The zero-order valence-electron chi connectivity index (χ0n) is 9.66. The van der Waals surface area contributed by atoms with Crippen LogP contribution in [0.2, 0.25) is 0 Å². The van der Waals surface area contributed by atoms with Crippen LogP contribution in [0.15, 0.2) is 18.2 Å². The Morgan fingerprint density at radius 1 is 1.00 bits per heavy atom. The summed E-state index contributed by atoms with van der Waals surface area (Å²) in [6.07, 6.45) is 0.686. The van der Waals surface area contributed by atoms with E-state index in [1.54, 1.807) is 12.1 Å². The Hall–Kier alpha value is -1.83. The van der Waals surface area contributed by atoms with Crippen molar-refractivity contribution in [1.82, 2.24) is 0 Å². The number of carbonyl (C=O) groups excluding carboxylic acids is 1. The van der Waals surface area contributed by atoms with Crippen LogP contribution in [0, 0.1) is 20.8 Å². The van der Waals surface area contributed by atoms with E-state index in [1.807, 2.05) is 13.8 Å². The molecule has 0 spiro atoms. The smallest absolute Gasteiger partial charge is 0.153 e. The van der Waals surface area contributed by atoms with Crippen molar-refractivity contribution >= 4 is 17.1 Å². The standard InChI is InChI=1S/C14H14O2/c1-8-4-9(2)12-6-14(16)11(7-15)5-13(12)10(8)3/h4-7,16H,1-3H3. The summed E-state index contributed by atoms with van der Waals surface area (Å²) in [6, 6.07) is 5.52. The van der Waals surface area contributed by atoms with Crippen molar-refractivity contribution in [2.75, 3.05) is 0 Å². The quantitative estimate of drug-likeness (QED) is 0.739. The zero-order chi connectivity index (χ0) is 11.9. The minimum atomic E-state index is 0.0499. The summed E-state index contributed by atoms with van der Waals surface area (Å²) in [5, 5.41) is 11.7. The molecule has 0 atom stereocenters. The molecular weight excluding hydrogens is 200 g/mol. The Labute approximate surface area is 94.5 Å². The predicted octanol–water partition coefficient (Wildman–Crippen LogP) is 3.28. The fourth-order valence-corrected chi connectivity index (χ4v) is 2.06. The van der Waals surface area contributed by atoms with Crippen molar-refractivity contribution in [3.63, 3.8) is 0 Å². The van der Waals surface area contributed by atoms with Crippen molar-refractivity contribution in [3.8, 4) is 5.75 Å². The van der Waals surface area contributed by atoms with Gasteiger partial charge >= 0.3 is 0 Å². The van der Waals surface area contributed by atoms with Gasteiger partial charge in [0.15, 0.2) is 6.29 Å². The minimum absolute atomic E-state index is 0.0499. The Kier molecular flexibility index (Phi) is 2.43. The topological polar surface area (TPSA) is 37.3 Å². The Bertz CT molecular complexity index is 583. The van der Waals surface area contributed by atoms with Crippen LogP contribution >= 0.6 is 0 Å². The van der Waals surface area contributed by atoms with E-state index in [-0.39, 0.29) is 5.75 Å². The van der Waals surface area contributed by atoms with Crippen LogP contribution in [0.4, 0.5) is 0 Å². The summed E-state index contributed by atoms with van der Waals surface area (Å²) < 4.78 is 0. The van der Waals surface area contributed by atoms with Crippen LogP contribution in [-0.4, -0.2) is 11.4 Å². The molecule has 0 radical (unpaired) electrons. The fraction of sp³-hybridized carbons (Fsp3) is 0.214. The first-order valence-electron chi connectivity index (χ1n) is 5.23. The second-order valence-corrected chi connectivity index (χ2v) is 4.21. The maximum Gasteiger partial charge on any atom is 0.153 e.